The fourth-order valence-electron chi connectivity index (χ4n) is 2.72. The zero-order valence-electron chi connectivity index (χ0n) is 11.0. The summed E-state index contributed by atoms with van der Waals surface area (Å²) in [7, 11) is 0. The summed E-state index contributed by atoms with van der Waals surface area (Å²) in [6, 6.07) is 8.08. The molecule has 0 aromatic heterocycles. The molecule has 3 N–H and O–H groups in total. The highest BCUT2D eigenvalue weighted by Crippen LogP contribution is 2.28. The van der Waals surface area contributed by atoms with Crippen molar-refractivity contribution in [2.24, 2.45) is 5.73 Å². The first kappa shape index (κ1) is 12.9. The summed E-state index contributed by atoms with van der Waals surface area (Å²) in [6.45, 7) is 0. The van der Waals surface area contributed by atoms with Gasteiger partial charge in [0.15, 0.2) is 0 Å². The first-order valence-corrected chi connectivity index (χ1v) is 6.78. The molecule has 2 aliphatic heterocycles. The van der Waals surface area contributed by atoms with Crippen molar-refractivity contribution in [1.29, 1.82) is 0 Å². The monoisotopic (exact) mass is 271 g/mol. The Morgan fingerprint density at radius 2 is 2.10 bits per heavy atom. The lowest BCUT2D eigenvalue weighted by Crippen LogP contribution is -2.69. The molecule has 2 amide bonds. The quantitative estimate of drug-likeness (QED) is 0.794. The number of nitrogens with one attached hydrogen (secondary N) is 1. The van der Waals surface area contributed by atoms with Crippen LogP contribution in [0, 0.1) is 0 Å². The van der Waals surface area contributed by atoms with Gasteiger partial charge in [0.25, 0.3) is 5.91 Å². The number of β-lactam (4-membered cyclic amide) rings is 1. The van der Waals surface area contributed by atoms with Crippen molar-refractivity contribution in [1.82, 2.24) is 10.2 Å². The Kier molecular flexibility index (Phi) is 3.28. The molecule has 0 saturated carbocycles. The van der Waals surface area contributed by atoms with E-state index in [9.17, 15) is 9.59 Å². The summed E-state index contributed by atoms with van der Waals surface area (Å²) in [5.41, 5.74) is 6.68. The molecular formula is C15H17N3O2. The van der Waals surface area contributed by atoms with Gasteiger partial charge in [0.05, 0.1) is 6.04 Å². The molecule has 3 rings (SSSR count). The molecule has 0 radical (unpaired) electrons. The van der Waals surface area contributed by atoms with Gasteiger partial charge in [-0.1, -0.05) is 36.4 Å². The SMILES string of the molecule is N[C@@H](C(=O)N[C@@H]1C(=O)N2C=CCC[C@@H]12)c1ccccc1. The third-order valence-electron chi connectivity index (χ3n) is 3.90. The fourth-order valence-corrected chi connectivity index (χ4v) is 2.72. The molecule has 2 heterocycles. The van der Waals surface area contributed by atoms with E-state index in [0.717, 1.165) is 18.4 Å². The minimum Gasteiger partial charge on any atom is -0.341 e. The molecule has 104 valence electrons. The van der Waals surface area contributed by atoms with E-state index < -0.39 is 12.1 Å². The molecule has 1 fully saturated rings. The summed E-state index contributed by atoms with van der Waals surface area (Å²) >= 11 is 0. The Balaban J connectivity index is 1.65. The van der Waals surface area contributed by atoms with Crippen molar-refractivity contribution in [3.05, 3.63) is 48.2 Å². The number of benzene rings is 1. The standard InChI is InChI=1S/C15H17N3O2/c16-12(10-6-2-1-3-7-10)14(19)17-13-11-8-4-5-9-18(11)15(13)20/h1-3,5-7,9,11-13H,4,8,16H2,(H,17,19)/t11-,12+,13-/m0/s1. The molecule has 1 aromatic rings. The van der Waals surface area contributed by atoms with E-state index in [4.69, 9.17) is 5.73 Å². The van der Waals surface area contributed by atoms with Crippen LogP contribution in [0.15, 0.2) is 42.6 Å². The molecule has 0 aliphatic carbocycles. The second kappa shape index (κ2) is 5.09. The van der Waals surface area contributed by atoms with Crippen LogP contribution in [-0.2, 0) is 9.59 Å². The van der Waals surface area contributed by atoms with Gasteiger partial charge in [0.1, 0.15) is 12.1 Å². The fraction of sp³-hybridized carbons (Fsp3) is 0.333. The maximum Gasteiger partial charge on any atom is 0.251 e. The predicted molar refractivity (Wildman–Crippen MR) is 74.3 cm³/mol. The van der Waals surface area contributed by atoms with Gasteiger partial charge in [-0.2, -0.15) is 0 Å². The van der Waals surface area contributed by atoms with Crippen molar-refractivity contribution < 1.29 is 9.59 Å². The molecule has 5 heteroatoms. The van der Waals surface area contributed by atoms with Crippen LogP contribution in [0.4, 0.5) is 0 Å². The third kappa shape index (κ3) is 2.10. The van der Waals surface area contributed by atoms with Crippen LogP contribution < -0.4 is 11.1 Å². The van der Waals surface area contributed by atoms with Crippen molar-refractivity contribution in [2.45, 2.75) is 31.0 Å². The molecule has 0 unspecified atom stereocenters. The molecule has 2 aliphatic rings. The average molecular weight is 271 g/mol. The lowest BCUT2D eigenvalue weighted by molar-refractivity contribution is -0.150. The van der Waals surface area contributed by atoms with Gasteiger partial charge in [0, 0.05) is 6.20 Å². The second-order valence-electron chi connectivity index (χ2n) is 5.15. The van der Waals surface area contributed by atoms with Gasteiger partial charge in [-0.15, -0.1) is 0 Å². The molecule has 1 aromatic carbocycles. The minimum atomic E-state index is -0.739. The molecule has 1 saturated heterocycles. The van der Waals surface area contributed by atoms with Crippen LogP contribution >= 0.6 is 0 Å². The topological polar surface area (TPSA) is 75.4 Å². The maximum atomic E-state index is 12.1. The largest absolute Gasteiger partial charge is 0.341 e. The number of rotatable bonds is 3. The Labute approximate surface area is 117 Å². The smallest absolute Gasteiger partial charge is 0.251 e. The van der Waals surface area contributed by atoms with Gasteiger partial charge in [-0.05, 0) is 18.4 Å². The number of allylic oxidation sites excluding steroid dienone is 1. The van der Waals surface area contributed by atoms with Gasteiger partial charge in [-0.25, -0.2) is 0 Å². The normalized spacial score (nSPS) is 25.6. The van der Waals surface area contributed by atoms with Gasteiger partial charge < -0.3 is 16.0 Å². The number of hydrogen-bond acceptors (Lipinski definition) is 3. The number of fused-ring (bicyclic) bond motifs is 1. The first-order valence-electron chi connectivity index (χ1n) is 6.78. The molecule has 20 heavy (non-hydrogen) atoms. The summed E-state index contributed by atoms with van der Waals surface area (Å²) in [5, 5.41) is 2.77. The number of nitrogens with two attached hydrogens (primary N) is 1. The first-order chi connectivity index (χ1) is 9.68. The van der Waals surface area contributed by atoms with Crippen LogP contribution in [0.1, 0.15) is 24.4 Å². The van der Waals surface area contributed by atoms with E-state index in [0.29, 0.717) is 0 Å². The number of hydrogen-bond donors (Lipinski definition) is 2. The highest BCUT2D eigenvalue weighted by Gasteiger charge is 2.47. The summed E-state index contributed by atoms with van der Waals surface area (Å²) < 4.78 is 0. The molecule has 3 atom stereocenters. The summed E-state index contributed by atoms with van der Waals surface area (Å²) in [5.74, 6) is -0.358. The van der Waals surface area contributed by atoms with Crippen molar-refractivity contribution in [3.63, 3.8) is 0 Å². The van der Waals surface area contributed by atoms with Gasteiger partial charge in [0.2, 0.25) is 5.91 Å². The second-order valence-corrected chi connectivity index (χ2v) is 5.15. The maximum absolute atomic E-state index is 12.1. The Morgan fingerprint density at radius 1 is 1.35 bits per heavy atom. The molecule has 5 nitrogen and oxygen atoms in total. The van der Waals surface area contributed by atoms with Crippen LogP contribution in [0.5, 0.6) is 0 Å². The Morgan fingerprint density at radius 3 is 2.85 bits per heavy atom. The lowest BCUT2D eigenvalue weighted by atomic mass is 9.88. The highest BCUT2D eigenvalue weighted by molar-refractivity contribution is 5.95. The Hall–Kier alpha value is -2.14. The van der Waals surface area contributed by atoms with Crippen LogP contribution in [-0.4, -0.2) is 28.8 Å². The van der Waals surface area contributed by atoms with Crippen molar-refractivity contribution in [2.75, 3.05) is 0 Å². The molecule has 0 spiro atoms. The Bertz CT molecular complexity index is 555. The highest BCUT2D eigenvalue weighted by atomic mass is 16.2. The number of carbonyl (C=O) groups is 2. The van der Waals surface area contributed by atoms with Crippen molar-refractivity contribution >= 4 is 11.8 Å². The zero-order valence-corrected chi connectivity index (χ0v) is 11.0. The van der Waals surface area contributed by atoms with Crippen molar-refractivity contribution in [3.8, 4) is 0 Å². The predicted octanol–water partition coefficient (Wildman–Crippen LogP) is 0.689. The minimum absolute atomic E-state index is 0.0560. The summed E-state index contributed by atoms with van der Waals surface area (Å²) in [4.78, 5) is 25.7. The number of nitrogens with zero attached hydrogens (tertiary/aromatic N) is 1. The van der Waals surface area contributed by atoms with E-state index >= 15 is 0 Å². The number of carbonyl (C=O) groups excluding carboxylic acids is 2. The van der Waals surface area contributed by atoms with E-state index in [1.54, 1.807) is 11.1 Å². The third-order valence-corrected chi connectivity index (χ3v) is 3.90. The van der Waals surface area contributed by atoms with Crippen LogP contribution in [0.2, 0.25) is 0 Å². The zero-order chi connectivity index (χ0) is 14.1. The van der Waals surface area contributed by atoms with Gasteiger partial charge >= 0.3 is 0 Å². The van der Waals surface area contributed by atoms with E-state index in [-0.39, 0.29) is 17.9 Å². The van der Waals surface area contributed by atoms with E-state index in [1.807, 2.05) is 36.4 Å². The van der Waals surface area contributed by atoms with E-state index in [1.165, 1.54) is 0 Å². The molecular weight excluding hydrogens is 254 g/mol. The number of amides is 2. The summed E-state index contributed by atoms with van der Waals surface area (Å²) in [6.07, 6.45) is 5.59. The van der Waals surface area contributed by atoms with Crippen LogP contribution in [0.3, 0.4) is 0 Å². The lowest BCUT2D eigenvalue weighted by Gasteiger charge is -2.47. The van der Waals surface area contributed by atoms with Gasteiger partial charge in [-0.3, -0.25) is 9.59 Å². The van der Waals surface area contributed by atoms with E-state index in [2.05, 4.69) is 5.32 Å². The average Bonchev–Trinajstić information content (AvgIpc) is 2.52. The molecule has 0 bridgehead atoms. The van der Waals surface area contributed by atoms with Crippen LogP contribution in [0.25, 0.3) is 0 Å².